The zero-order valence-corrected chi connectivity index (χ0v) is 16.4. The summed E-state index contributed by atoms with van der Waals surface area (Å²) in [4.78, 5) is 40.3. The number of aliphatic carboxylic acids is 1. The molecule has 0 spiro atoms. The van der Waals surface area contributed by atoms with Gasteiger partial charge in [0.1, 0.15) is 6.54 Å². The molecule has 4 rings (SSSR count). The molecule has 1 aromatic heterocycles. The number of Topliss-reactive ketones (excluding diaryl/α,β-unsaturated/α-hetero) is 1. The number of aliphatic imine (C=N–C) groups is 1. The lowest BCUT2D eigenvalue weighted by molar-refractivity contribution is -0.138. The number of fused-ring (bicyclic) bond motifs is 3. The minimum atomic E-state index is -4.48. The maximum atomic E-state index is 12.9. The number of nitrogens with two attached hydrogens (primary N) is 1. The van der Waals surface area contributed by atoms with Gasteiger partial charge in [-0.05, 0) is 29.8 Å². The minimum absolute atomic E-state index is 0.0259. The first-order chi connectivity index (χ1) is 15.1. The number of nitrogens with zero attached hydrogens (tertiary/aromatic N) is 2. The van der Waals surface area contributed by atoms with Crippen LogP contribution in [0, 0.1) is 0 Å². The van der Waals surface area contributed by atoms with Gasteiger partial charge >= 0.3 is 12.1 Å². The lowest BCUT2D eigenvalue weighted by Crippen LogP contribution is -2.24. The van der Waals surface area contributed by atoms with E-state index in [9.17, 15) is 32.7 Å². The predicted octanol–water partition coefficient (Wildman–Crippen LogP) is 3.27. The summed E-state index contributed by atoms with van der Waals surface area (Å²) in [6, 6.07) is 9.16. The Balaban J connectivity index is 1.95. The van der Waals surface area contributed by atoms with Crippen LogP contribution in [0.5, 0.6) is 0 Å². The molecule has 0 bridgehead atoms. The van der Waals surface area contributed by atoms with Gasteiger partial charge in [0, 0.05) is 17.5 Å². The van der Waals surface area contributed by atoms with E-state index in [1.54, 1.807) is 16.7 Å². The fourth-order valence-electron chi connectivity index (χ4n) is 3.93. The Morgan fingerprint density at radius 1 is 1.12 bits per heavy atom. The Bertz CT molecular complexity index is 1300. The zero-order valence-electron chi connectivity index (χ0n) is 16.4. The van der Waals surface area contributed by atoms with Crippen LogP contribution in [0.2, 0.25) is 0 Å². The maximum Gasteiger partial charge on any atom is 0.416 e. The van der Waals surface area contributed by atoms with Crippen molar-refractivity contribution < 1.29 is 32.7 Å². The number of hydrogen-bond acceptors (Lipinski definition) is 4. The number of carboxylic acids is 1. The molecular weight excluding hydrogens is 427 g/mol. The van der Waals surface area contributed by atoms with Crippen LogP contribution in [-0.4, -0.2) is 39.6 Å². The van der Waals surface area contributed by atoms with E-state index in [4.69, 9.17) is 5.73 Å². The second kappa shape index (κ2) is 7.63. The van der Waals surface area contributed by atoms with Crippen LogP contribution in [0.3, 0.4) is 0 Å². The zero-order chi connectivity index (χ0) is 23.2. The number of ketones is 1. The van der Waals surface area contributed by atoms with Crippen molar-refractivity contribution >= 4 is 34.3 Å². The molecule has 3 N–H and O–H groups in total. The normalized spacial score (nSPS) is 13.7. The molecule has 0 unspecified atom stereocenters. The summed E-state index contributed by atoms with van der Waals surface area (Å²) in [6.07, 6.45) is -4.95. The molecule has 0 saturated carbocycles. The molecule has 10 heteroatoms. The largest absolute Gasteiger partial charge is 0.481 e. The minimum Gasteiger partial charge on any atom is -0.481 e. The number of rotatable bonds is 5. The first-order valence-corrected chi connectivity index (χ1v) is 9.47. The molecule has 3 aromatic rings. The molecule has 7 nitrogen and oxygen atoms in total. The third-order valence-electron chi connectivity index (χ3n) is 5.26. The van der Waals surface area contributed by atoms with Crippen LogP contribution in [0.15, 0.2) is 47.5 Å². The van der Waals surface area contributed by atoms with Crippen LogP contribution >= 0.6 is 0 Å². The topological polar surface area (TPSA) is 115 Å². The Morgan fingerprint density at radius 2 is 1.81 bits per heavy atom. The van der Waals surface area contributed by atoms with E-state index >= 15 is 0 Å². The molecular formula is C22H16F3N3O4. The highest BCUT2D eigenvalue weighted by Gasteiger charge is 2.32. The van der Waals surface area contributed by atoms with E-state index in [2.05, 4.69) is 4.99 Å². The fraction of sp³-hybridized carbons (Fsp3) is 0.182. The number of hydrogen-bond donors (Lipinski definition) is 2. The first kappa shape index (κ1) is 21.3. The molecule has 1 amide bonds. The smallest absolute Gasteiger partial charge is 0.416 e. The van der Waals surface area contributed by atoms with Crippen molar-refractivity contribution in [1.29, 1.82) is 0 Å². The van der Waals surface area contributed by atoms with Crippen molar-refractivity contribution in [2.75, 3.05) is 6.54 Å². The number of primary amides is 1. The average Bonchev–Trinajstić information content (AvgIpc) is 3.05. The summed E-state index contributed by atoms with van der Waals surface area (Å²) in [6.45, 7) is -0.250. The molecule has 0 saturated heterocycles. The van der Waals surface area contributed by atoms with Gasteiger partial charge < -0.3 is 15.4 Å². The van der Waals surface area contributed by atoms with E-state index in [0.29, 0.717) is 11.1 Å². The number of carbonyl (C=O) groups excluding carboxylic acids is 2. The molecule has 1 aliphatic rings. The van der Waals surface area contributed by atoms with Crippen molar-refractivity contribution in [3.63, 3.8) is 0 Å². The number of carboxylic acid groups (broad SMARTS) is 1. The Hall–Kier alpha value is -3.95. The Morgan fingerprint density at radius 3 is 2.41 bits per heavy atom. The number of alkyl halides is 3. The highest BCUT2D eigenvalue weighted by Crippen LogP contribution is 2.34. The van der Waals surface area contributed by atoms with E-state index < -0.39 is 35.8 Å². The van der Waals surface area contributed by atoms with Gasteiger partial charge in [0.05, 0.1) is 34.5 Å². The van der Waals surface area contributed by atoms with Crippen LogP contribution in [0.1, 0.15) is 44.0 Å². The van der Waals surface area contributed by atoms with E-state index in [0.717, 1.165) is 12.1 Å². The second-order valence-electron chi connectivity index (χ2n) is 7.32. The van der Waals surface area contributed by atoms with Crippen LogP contribution in [0.4, 0.5) is 13.2 Å². The van der Waals surface area contributed by atoms with Gasteiger partial charge in [-0.3, -0.25) is 19.4 Å². The number of amides is 1. The van der Waals surface area contributed by atoms with Crippen molar-refractivity contribution in [2.45, 2.75) is 19.1 Å². The molecule has 2 heterocycles. The van der Waals surface area contributed by atoms with Gasteiger partial charge in [-0.1, -0.05) is 18.2 Å². The van der Waals surface area contributed by atoms with Crippen LogP contribution < -0.4 is 5.73 Å². The molecule has 0 radical (unpaired) electrons. The average molecular weight is 443 g/mol. The lowest BCUT2D eigenvalue weighted by Gasteiger charge is -2.17. The van der Waals surface area contributed by atoms with Crippen molar-refractivity contribution in [2.24, 2.45) is 10.7 Å². The molecule has 2 aromatic carbocycles. The first-order valence-electron chi connectivity index (χ1n) is 9.47. The van der Waals surface area contributed by atoms with Crippen LogP contribution in [0.25, 0.3) is 10.9 Å². The van der Waals surface area contributed by atoms with Crippen LogP contribution in [-0.2, 0) is 17.5 Å². The van der Waals surface area contributed by atoms with Gasteiger partial charge in [-0.25, -0.2) is 0 Å². The van der Waals surface area contributed by atoms with Crippen molar-refractivity contribution in [3.8, 4) is 0 Å². The Labute approximate surface area is 179 Å². The fourth-order valence-corrected chi connectivity index (χ4v) is 3.93. The van der Waals surface area contributed by atoms with Gasteiger partial charge in [-0.15, -0.1) is 0 Å². The molecule has 1 aliphatic heterocycles. The summed E-state index contributed by atoms with van der Waals surface area (Å²) in [5, 5.41) is 9.59. The predicted molar refractivity (Wildman–Crippen MR) is 109 cm³/mol. The monoisotopic (exact) mass is 443 g/mol. The van der Waals surface area contributed by atoms with Crippen molar-refractivity contribution in [1.82, 2.24) is 4.57 Å². The summed E-state index contributed by atoms with van der Waals surface area (Å²) >= 11 is 0. The summed E-state index contributed by atoms with van der Waals surface area (Å²) < 4.78 is 40.3. The van der Waals surface area contributed by atoms with Gasteiger partial charge in [0.25, 0.3) is 0 Å². The van der Waals surface area contributed by atoms with Gasteiger partial charge in [0.15, 0.2) is 5.78 Å². The van der Waals surface area contributed by atoms with E-state index in [1.165, 1.54) is 18.2 Å². The number of benzene rings is 2. The summed E-state index contributed by atoms with van der Waals surface area (Å²) in [5.74, 6) is -2.33. The SMILES string of the molecule is NC(=O)c1cccc2c1c1c(n2Cc2ccc(C(F)(F)F)cc2)C(CC(=O)O)=NCC1=O. The molecule has 0 fully saturated rings. The molecule has 0 atom stereocenters. The van der Waals surface area contributed by atoms with E-state index in [1.807, 2.05) is 0 Å². The standard InChI is InChI=1S/C22H16F3N3O4/c23-22(24,25)12-6-4-11(5-7-12)10-28-15-3-1-2-13(21(26)32)18(15)19-16(29)9-27-14(20(19)28)8-17(30)31/h1-7H,8-10H2,(H2,26,32)(H,30,31). The molecule has 164 valence electrons. The third-order valence-corrected chi connectivity index (χ3v) is 5.26. The highest BCUT2D eigenvalue weighted by atomic mass is 19.4. The number of aromatic nitrogens is 1. The van der Waals surface area contributed by atoms with Gasteiger partial charge in [-0.2, -0.15) is 13.2 Å². The third kappa shape index (κ3) is 3.64. The lowest BCUT2D eigenvalue weighted by atomic mass is 9.96. The van der Waals surface area contributed by atoms with Crippen molar-refractivity contribution in [3.05, 3.63) is 70.4 Å². The number of carbonyl (C=O) groups is 3. The molecule has 32 heavy (non-hydrogen) atoms. The summed E-state index contributed by atoms with van der Waals surface area (Å²) in [7, 11) is 0. The van der Waals surface area contributed by atoms with E-state index in [-0.39, 0.29) is 41.0 Å². The quantitative estimate of drug-likeness (QED) is 0.630. The Kier molecular flexibility index (Phi) is 5.08. The number of halogens is 3. The highest BCUT2D eigenvalue weighted by molar-refractivity contribution is 6.26. The maximum absolute atomic E-state index is 12.9. The molecule has 0 aliphatic carbocycles. The second-order valence-corrected chi connectivity index (χ2v) is 7.32. The summed E-state index contributed by atoms with van der Waals surface area (Å²) in [5.41, 5.74) is 6.22. The van der Waals surface area contributed by atoms with Gasteiger partial charge in [0.2, 0.25) is 5.91 Å².